The first kappa shape index (κ1) is 17.4. The van der Waals surface area contributed by atoms with E-state index in [1.165, 1.54) is 0 Å². The number of unbranched alkanes of at least 4 members (excludes halogenated alkanes) is 1. The minimum Gasteiger partial charge on any atom is -0.356 e. The third-order valence-electron chi connectivity index (χ3n) is 4.49. The van der Waals surface area contributed by atoms with Crippen LogP contribution in [0, 0.1) is 5.92 Å². The SMILES string of the molecule is CCCCNC(=O)C1CCCN(C(=O)C(C)c2cccnc2)C1. The lowest BCUT2D eigenvalue weighted by molar-refractivity contribution is -0.136. The molecule has 5 nitrogen and oxygen atoms in total. The van der Waals surface area contributed by atoms with Crippen molar-refractivity contribution in [2.75, 3.05) is 19.6 Å². The molecule has 0 spiro atoms. The Morgan fingerprint density at radius 3 is 3.00 bits per heavy atom. The lowest BCUT2D eigenvalue weighted by Gasteiger charge is -2.33. The molecule has 1 saturated heterocycles. The Hall–Kier alpha value is -1.91. The van der Waals surface area contributed by atoms with Crippen LogP contribution < -0.4 is 5.32 Å². The summed E-state index contributed by atoms with van der Waals surface area (Å²) in [5.41, 5.74) is 0.923. The molecule has 0 saturated carbocycles. The van der Waals surface area contributed by atoms with Gasteiger partial charge in [-0.1, -0.05) is 19.4 Å². The van der Waals surface area contributed by atoms with Crippen molar-refractivity contribution >= 4 is 11.8 Å². The zero-order valence-corrected chi connectivity index (χ0v) is 14.1. The van der Waals surface area contributed by atoms with Gasteiger partial charge in [-0.25, -0.2) is 0 Å². The first-order chi connectivity index (χ1) is 11.1. The molecule has 1 aliphatic heterocycles. The Morgan fingerprint density at radius 2 is 2.30 bits per heavy atom. The highest BCUT2D eigenvalue weighted by molar-refractivity contribution is 5.85. The maximum absolute atomic E-state index is 12.7. The number of likely N-dealkylation sites (tertiary alicyclic amines) is 1. The molecule has 2 heterocycles. The second-order valence-electron chi connectivity index (χ2n) is 6.28. The summed E-state index contributed by atoms with van der Waals surface area (Å²) in [5.74, 6) is -0.120. The van der Waals surface area contributed by atoms with Crippen molar-refractivity contribution in [1.82, 2.24) is 15.2 Å². The number of carbonyl (C=O) groups is 2. The molecule has 23 heavy (non-hydrogen) atoms. The van der Waals surface area contributed by atoms with Gasteiger partial charge in [-0.15, -0.1) is 0 Å². The maximum Gasteiger partial charge on any atom is 0.229 e. The Morgan fingerprint density at radius 1 is 1.48 bits per heavy atom. The second kappa shape index (κ2) is 8.65. The summed E-state index contributed by atoms with van der Waals surface area (Å²) >= 11 is 0. The van der Waals surface area contributed by atoms with Crippen LogP contribution in [0.3, 0.4) is 0 Å². The summed E-state index contributed by atoms with van der Waals surface area (Å²) in [6.07, 6.45) is 7.26. The van der Waals surface area contributed by atoms with Crippen LogP contribution in [-0.2, 0) is 9.59 Å². The molecule has 1 aromatic heterocycles. The highest BCUT2D eigenvalue weighted by atomic mass is 16.2. The zero-order chi connectivity index (χ0) is 16.7. The van der Waals surface area contributed by atoms with Gasteiger partial charge in [0.25, 0.3) is 0 Å². The largest absolute Gasteiger partial charge is 0.356 e. The lowest BCUT2D eigenvalue weighted by Crippen LogP contribution is -2.46. The monoisotopic (exact) mass is 317 g/mol. The van der Waals surface area contributed by atoms with E-state index in [0.717, 1.165) is 44.3 Å². The van der Waals surface area contributed by atoms with Crippen molar-refractivity contribution < 1.29 is 9.59 Å². The molecular weight excluding hydrogens is 290 g/mol. The molecular formula is C18H27N3O2. The Kier molecular flexibility index (Phi) is 6.56. The molecule has 126 valence electrons. The lowest BCUT2D eigenvalue weighted by atomic mass is 9.94. The van der Waals surface area contributed by atoms with Crippen molar-refractivity contribution in [2.45, 2.75) is 45.4 Å². The first-order valence-corrected chi connectivity index (χ1v) is 8.60. The van der Waals surface area contributed by atoms with Crippen molar-refractivity contribution in [1.29, 1.82) is 0 Å². The van der Waals surface area contributed by atoms with Gasteiger partial charge in [-0.05, 0) is 37.8 Å². The number of rotatable bonds is 6. The summed E-state index contributed by atoms with van der Waals surface area (Å²) in [5, 5.41) is 2.99. The number of hydrogen-bond donors (Lipinski definition) is 1. The Balaban J connectivity index is 1.92. The molecule has 5 heteroatoms. The molecule has 2 amide bonds. The van der Waals surface area contributed by atoms with Gasteiger partial charge in [0.05, 0.1) is 11.8 Å². The van der Waals surface area contributed by atoms with Crippen LogP contribution in [0.15, 0.2) is 24.5 Å². The van der Waals surface area contributed by atoms with Gasteiger partial charge < -0.3 is 10.2 Å². The van der Waals surface area contributed by atoms with Crippen LogP contribution in [0.4, 0.5) is 0 Å². The van der Waals surface area contributed by atoms with E-state index in [9.17, 15) is 9.59 Å². The quantitative estimate of drug-likeness (QED) is 0.819. The van der Waals surface area contributed by atoms with E-state index in [0.29, 0.717) is 6.54 Å². The van der Waals surface area contributed by atoms with E-state index in [4.69, 9.17) is 0 Å². The van der Waals surface area contributed by atoms with E-state index >= 15 is 0 Å². The molecule has 2 atom stereocenters. The number of pyridine rings is 1. The van der Waals surface area contributed by atoms with Gasteiger partial charge in [-0.3, -0.25) is 14.6 Å². The molecule has 0 bridgehead atoms. The number of piperidine rings is 1. The topological polar surface area (TPSA) is 62.3 Å². The van der Waals surface area contributed by atoms with E-state index < -0.39 is 0 Å². The van der Waals surface area contributed by atoms with Gasteiger partial charge in [0.15, 0.2) is 0 Å². The minimum absolute atomic E-state index is 0.0781. The molecule has 0 radical (unpaired) electrons. The van der Waals surface area contributed by atoms with Gasteiger partial charge in [0.2, 0.25) is 11.8 Å². The van der Waals surface area contributed by atoms with Crippen molar-refractivity contribution in [3.05, 3.63) is 30.1 Å². The zero-order valence-electron chi connectivity index (χ0n) is 14.1. The summed E-state index contributed by atoms with van der Waals surface area (Å²) in [4.78, 5) is 30.8. The van der Waals surface area contributed by atoms with Gasteiger partial charge >= 0.3 is 0 Å². The van der Waals surface area contributed by atoms with E-state index in [-0.39, 0.29) is 23.7 Å². The van der Waals surface area contributed by atoms with Gasteiger partial charge in [-0.2, -0.15) is 0 Å². The normalized spacial score (nSPS) is 19.2. The second-order valence-corrected chi connectivity index (χ2v) is 6.28. The number of nitrogens with zero attached hydrogens (tertiary/aromatic N) is 2. The average Bonchev–Trinajstić information content (AvgIpc) is 2.61. The number of aromatic nitrogens is 1. The highest BCUT2D eigenvalue weighted by Crippen LogP contribution is 2.22. The Labute approximate surface area is 138 Å². The van der Waals surface area contributed by atoms with Crippen LogP contribution in [0.1, 0.15) is 51.0 Å². The molecule has 1 N–H and O–H groups in total. The number of amides is 2. The fraction of sp³-hybridized carbons (Fsp3) is 0.611. The fourth-order valence-corrected chi connectivity index (χ4v) is 2.97. The van der Waals surface area contributed by atoms with Crippen LogP contribution in [0.25, 0.3) is 0 Å². The standard InChI is InChI=1S/C18H27N3O2/c1-3-4-10-20-17(22)16-8-6-11-21(13-16)18(23)14(2)15-7-5-9-19-12-15/h5,7,9,12,14,16H,3-4,6,8,10-11,13H2,1-2H3,(H,20,22). The van der Waals surface area contributed by atoms with E-state index in [2.05, 4.69) is 17.2 Å². The van der Waals surface area contributed by atoms with Crippen molar-refractivity contribution in [3.8, 4) is 0 Å². The van der Waals surface area contributed by atoms with Gasteiger partial charge in [0.1, 0.15) is 0 Å². The summed E-state index contributed by atoms with van der Waals surface area (Å²) in [7, 11) is 0. The highest BCUT2D eigenvalue weighted by Gasteiger charge is 2.30. The number of carbonyl (C=O) groups excluding carboxylic acids is 2. The third kappa shape index (κ3) is 4.78. The van der Waals surface area contributed by atoms with Crippen molar-refractivity contribution in [3.63, 3.8) is 0 Å². The Bertz CT molecular complexity index is 518. The summed E-state index contributed by atoms with van der Waals surface area (Å²) < 4.78 is 0. The fourth-order valence-electron chi connectivity index (χ4n) is 2.97. The van der Waals surface area contributed by atoms with E-state index in [1.54, 1.807) is 12.4 Å². The van der Waals surface area contributed by atoms with E-state index in [1.807, 2.05) is 24.0 Å². The molecule has 1 aliphatic rings. The molecule has 2 unspecified atom stereocenters. The molecule has 2 rings (SSSR count). The van der Waals surface area contributed by atoms with Gasteiger partial charge in [0, 0.05) is 32.0 Å². The van der Waals surface area contributed by atoms with Crippen LogP contribution in [-0.4, -0.2) is 41.3 Å². The smallest absolute Gasteiger partial charge is 0.229 e. The molecule has 0 aromatic carbocycles. The minimum atomic E-state index is -0.217. The summed E-state index contributed by atoms with van der Waals surface area (Å²) in [6, 6.07) is 3.77. The average molecular weight is 317 g/mol. The number of hydrogen-bond acceptors (Lipinski definition) is 3. The van der Waals surface area contributed by atoms with Crippen LogP contribution in [0.2, 0.25) is 0 Å². The van der Waals surface area contributed by atoms with Crippen molar-refractivity contribution in [2.24, 2.45) is 5.92 Å². The molecule has 0 aliphatic carbocycles. The van der Waals surface area contributed by atoms with Crippen LogP contribution in [0.5, 0.6) is 0 Å². The first-order valence-electron chi connectivity index (χ1n) is 8.60. The molecule has 1 aromatic rings. The maximum atomic E-state index is 12.7. The predicted molar refractivity (Wildman–Crippen MR) is 89.9 cm³/mol. The third-order valence-corrected chi connectivity index (χ3v) is 4.49. The summed E-state index contributed by atoms with van der Waals surface area (Å²) in [6.45, 7) is 6.01. The van der Waals surface area contributed by atoms with Crippen LogP contribution >= 0.6 is 0 Å². The molecule has 1 fully saturated rings. The number of nitrogens with one attached hydrogen (secondary N) is 1. The predicted octanol–water partition coefficient (Wildman–Crippen LogP) is 2.34.